The molecule has 14 heavy (non-hydrogen) atoms. The highest BCUT2D eigenvalue weighted by Gasteiger charge is 2.17. The molecule has 84 valence electrons. The average molecular weight is 196 g/mol. The Labute approximate surface area is 90.5 Å². The maximum atomic E-state index is 2.41. The predicted molar refractivity (Wildman–Crippen MR) is 64.5 cm³/mol. The van der Waals surface area contributed by atoms with E-state index in [1.54, 1.807) is 0 Å². The molecule has 0 aromatic heterocycles. The lowest BCUT2D eigenvalue weighted by atomic mass is 9.80. The summed E-state index contributed by atoms with van der Waals surface area (Å²) in [5.41, 5.74) is 0. The van der Waals surface area contributed by atoms with Crippen LogP contribution in [0.1, 0.15) is 78.1 Å². The molecule has 0 heteroatoms. The molecule has 0 aliphatic heterocycles. The maximum Gasteiger partial charge on any atom is -0.0414 e. The Kier molecular flexibility index (Phi) is 6.31. The smallest absolute Gasteiger partial charge is 0.0414 e. The minimum absolute atomic E-state index is 1.02. The van der Waals surface area contributed by atoms with Crippen LogP contribution >= 0.6 is 0 Å². The van der Waals surface area contributed by atoms with Crippen molar-refractivity contribution in [1.29, 1.82) is 0 Å². The Balaban J connectivity index is 1.91. The third kappa shape index (κ3) is 5.02. The van der Waals surface area contributed by atoms with Gasteiger partial charge in [0.15, 0.2) is 0 Å². The standard InChI is InChI=1S/C14H28/c1-3-4-5-6-7-8-14-11-9-13(2)10-12-14/h13-14H,3-12H2,1-2H3/t13-,14-. The normalized spacial score (nSPS) is 27.9. The monoisotopic (exact) mass is 196 g/mol. The van der Waals surface area contributed by atoms with Crippen molar-refractivity contribution in [1.82, 2.24) is 0 Å². The lowest BCUT2D eigenvalue weighted by Gasteiger charge is -2.25. The molecule has 0 unspecified atom stereocenters. The van der Waals surface area contributed by atoms with Crippen LogP contribution in [-0.4, -0.2) is 0 Å². The van der Waals surface area contributed by atoms with E-state index in [1.165, 1.54) is 64.2 Å². The summed E-state index contributed by atoms with van der Waals surface area (Å²) in [6.45, 7) is 4.71. The van der Waals surface area contributed by atoms with E-state index in [0.29, 0.717) is 0 Å². The van der Waals surface area contributed by atoms with Gasteiger partial charge in [0.05, 0.1) is 0 Å². The second kappa shape index (κ2) is 7.31. The van der Waals surface area contributed by atoms with Gasteiger partial charge < -0.3 is 0 Å². The molecule has 0 aromatic carbocycles. The summed E-state index contributed by atoms with van der Waals surface area (Å²) in [6.07, 6.45) is 14.8. The summed E-state index contributed by atoms with van der Waals surface area (Å²) in [6, 6.07) is 0. The molecule has 0 atom stereocenters. The van der Waals surface area contributed by atoms with Crippen LogP contribution in [0.3, 0.4) is 0 Å². The maximum absolute atomic E-state index is 2.41. The van der Waals surface area contributed by atoms with Crippen molar-refractivity contribution in [2.24, 2.45) is 11.8 Å². The summed E-state index contributed by atoms with van der Waals surface area (Å²) < 4.78 is 0. The Morgan fingerprint density at radius 1 is 0.857 bits per heavy atom. The fourth-order valence-electron chi connectivity index (χ4n) is 2.65. The van der Waals surface area contributed by atoms with Crippen molar-refractivity contribution in [3.63, 3.8) is 0 Å². The van der Waals surface area contributed by atoms with Gasteiger partial charge in [0.1, 0.15) is 0 Å². The first kappa shape index (κ1) is 12.1. The van der Waals surface area contributed by atoms with Gasteiger partial charge in [0.25, 0.3) is 0 Å². The highest BCUT2D eigenvalue weighted by Crippen LogP contribution is 2.31. The van der Waals surface area contributed by atoms with Crippen LogP contribution in [0.25, 0.3) is 0 Å². The molecule has 1 saturated carbocycles. The number of hydrogen-bond acceptors (Lipinski definition) is 0. The zero-order chi connectivity index (χ0) is 10.2. The first-order valence-corrected chi connectivity index (χ1v) is 6.83. The highest BCUT2D eigenvalue weighted by molar-refractivity contribution is 4.69. The fourth-order valence-corrected chi connectivity index (χ4v) is 2.65. The first-order chi connectivity index (χ1) is 6.83. The van der Waals surface area contributed by atoms with Crippen molar-refractivity contribution in [2.75, 3.05) is 0 Å². The molecule has 1 fully saturated rings. The van der Waals surface area contributed by atoms with E-state index < -0.39 is 0 Å². The van der Waals surface area contributed by atoms with E-state index in [1.807, 2.05) is 0 Å². The van der Waals surface area contributed by atoms with Crippen molar-refractivity contribution >= 4 is 0 Å². The van der Waals surface area contributed by atoms with Gasteiger partial charge in [-0.3, -0.25) is 0 Å². The zero-order valence-corrected chi connectivity index (χ0v) is 10.2. The molecule has 0 amide bonds. The van der Waals surface area contributed by atoms with Crippen molar-refractivity contribution < 1.29 is 0 Å². The van der Waals surface area contributed by atoms with Gasteiger partial charge in [-0.15, -0.1) is 0 Å². The van der Waals surface area contributed by atoms with Gasteiger partial charge in [-0.2, -0.15) is 0 Å². The van der Waals surface area contributed by atoms with E-state index in [2.05, 4.69) is 13.8 Å². The minimum Gasteiger partial charge on any atom is -0.0654 e. The van der Waals surface area contributed by atoms with Gasteiger partial charge in [-0.05, 0) is 11.8 Å². The predicted octanol–water partition coefficient (Wildman–Crippen LogP) is 5.17. The van der Waals surface area contributed by atoms with Crippen molar-refractivity contribution in [2.45, 2.75) is 78.1 Å². The van der Waals surface area contributed by atoms with Gasteiger partial charge in [-0.1, -0.05) is 78.1 Å². The second-order valence-corrected chi connectivity index (χ2v) is 5.33. The minimum atomic E-state index is 1.02. The summed E-state index contributed by atoms with van der Waals surface area (Å²) in [5.74, 6) is 2.11. The van der Waals surface area contributed by atoms with Crippen molar-refractivity contribution in [3.8, 4) is 0 Å². The Bertz CT molecular complexity index is 120. The number of hydrogen-bond donors (Lipinski definition) is 0. The quantitative estimate of drug-likeness (QED) is 0.514. The Morgan fingerprint density at radius 3 is 2.14 bits per heavy atom. The van der Waals surface area contributed by atoms with Crippen molar-refractivity contribution in [3.05, 3.63) is 0 Å². The molecule has 0 radical (unpaired) electrons. The van der Waals surface area contributed by atoms with Crippen LogP contribution in [0.4, 0.5) is 0 Å². The van der Waals surface area contributed by atoms with Crippen LogP contribution in [0.2, 0.25) is 0 Å². The lowest BCUT2D eigenvalue weighted by Crippen LogP contribution is -2.12. The molecule has 1 aliphatic carbocycles. The fraction of sp³-hybridized carbons (Fsp3) is 1.00. The average Bonchev–Trinajstić information content (AvgIpc) is 2.21. The van der Waals surface area contributed by atoms with E-state index in [0.717, 1.165) is 11.8 Å². The Hall–Kier alpha value is 0. The van der Waals surface area contributed by atoms with E-state index in [4.69, 9.17) is 0 Å². The molecule has 0 N–H and O–H groups in total. The summed E-state index contributed by atoms with van der Waals surface area (Å²) >= 11 is 0. The van der Waals surface area contributed by atoms with Gasteiger partial charge in [0, 0.05) is 0 Å². The molecule has 0 saturated heterocycles. The molecular weight excluding hydrogens is 168 g/mol. The van der Waals surface area contributed by atoms with E-state index in [9.17, 15) is 0 Å². The molecule has 0 spiro atoms. The van der Waals surface area contributed by atoms with Crippen LogP contribution in [0.15, 0.2) is 0 Å². The third-order valence-corrected chi connectivity index (χ3v) is 3.85. The van der Waals surface area contributed by atoms with Crippen LogP contribution in [0.5, 0.6) is 0 Å². The highest BCUT2D eigenvalue weighted by atomic mass is 14.2. The molecule has 0 nitrogen and oxygen atoms in total. The molecule has 0 heterocycles. The van der Waals surface area contributed by atoms with Gasteiger partial charge in [0.2, 0.25) is 0 Å². The molecular formula is C14H28. The summed E-state index contributed by atoms with van der Waals surface area (Å²) in [4.78, 5) is 0. The van der Waals surface area contributed by atoms with E-state index in [-0.39, 0.29) is 0 Å². The van der Waals surface area contributed by atoms with Gasteiger partial charge >= 0.3 is 0 Å². The topological polar surface area (TPSA) is 0 Å². The molecule has 1 aliphatic rings. The third-order valence-electron chi connectivity index (χ3n) is 3.85. The van der Waals surface area contributed by atoms with Crippen LogP contribution in [-0.2, 0) is 0 Å². The molecule has 0 aromatic rings. The van der Waals surface area contributed by atoms with E-state index >= 15 is 0 Å². The largest absolute Gasteiger partial charge is 0.0654 e. The summed E-state index contributed by atoms with van der Waals surface area (Å²) in [7, 11) is 0. The number of unbranched alkanes of at least 4 members (excludes halogenated alkanes) is 4. The van der Waals surface area contributed by atoms with Crippen LogP contribution in [0, 0.1) is 11.8 Å². The summed E-state index contributed by atoms with van der Waals surface area (Å²) in [5, 5.41) is 0. The molecule has 0 bridgehead atoms. The number of rotatable bonds is 6. The van der Waals surface area contributed by atoms with Gasteiger partial charge in [-0.25, -0.2) is 0 Å². The molecule has 1 rings (SSSR count). The first-order valence-electron chi connectivity index (χ1n) is 6.83. The lowest BCUT2D eigenvalue weighted by molar-refractivity contribution is 0.271. The van der Waals surface area contributed by atoms with Crippen LogP contribution < -0.4 is 0 Å². The second-order valence-electron chi connectivity index (χ2n) is 5.33. The SMILES string of the molecule is CCCCCCC[C@H]1CC[C@H](C)CC1. The Morgan fingerprint density at radius 2 is 1.50 bits per heavy atom. The zero-order valence-electron chi connectivity index (χ0n) is 10.2.